The highest BCUT2D eigenvalue weighted by molar-refractivity contribution is 6.30. The van der Waals surface area contributed by atoms with Crippen molar-refractivity contribution < 1.29 is 9.18 Å². The fraction of sp³-hybridized carbons (Fsp3) is 0.0870. The first-order chi connectivity index (χ1) is 13.9. The number of benzene rings is 2. The molecule has 2 aromatic heterocycles. The van der Waals surface area contributed by atoms with E-state index in [1.165, 1.54) is 12.3 Å². The van der Waals surface area contributed by atoms with Crippen molar-refractivity contribution >= 4 is 28.4 Å². The maximum Gasteiger partial charge on any atom is 0.202 e. The molecule has 4 aromatic rings. The molecule has 0 aliphatic heterocycles. The van der Waals surface area contributed by atoms with Crippen LogP contribution in [0.3, 0.4) is 0 Å². The first-order valence-electron chi connectivity index (χ1n) is 8.98. The Morgan fingerprint density at radius 1 is 1.10 bits per heavy atom. The second kappa shape index (κ2) is 7.60. The van der Waals surface area contributed by atoms with E-state index in [9.17, 15) is 14.0 Å². The largest absolute Gasteiger partial charge is 0.327 e. The third kappa shape index (κ3) is 3.69. The van der Waals surface area contributed by atoms with Crippen LogP contribution in [0.5, 0.6) is 0 Å². The van der Waals surface area contributed by atoms with Gasteiger partial charge >= 0.3 is 0 Å². The van der Waals surface area contributed by atoms with Gasteiger partial charge in [0.2, 0.25) is 5.43 Å². The Morgan fingerprint density at radius 2 is 1.86 bits per heavy atom. The molecule has 4 nitrogen and oxygen atoms in total. The summed E-state index contributed by atoms with van der Waals surface area (Å²) in [6, 6.07) is 16.4. The zero-order chi connectivity index (χ0) is 20.5. The van der Waals surface area contributed by atoms with E-state index in [2.05, 4.69) is 4.98 Å². The summed E-state index contributed by atoms with van der Waals surface area (Å²) in [7, 11) is 0. The van der Waals surface area contributed by atoms with Crippen LogP contribution in [0.15, 0.2) is 71.7 Å². The molecule has 0 atom stereocenters. The van der Waals surface area contributed by atoms with Gasteiger partial charge in [0, 0.05) is 28.0 Å². The molecule has 0 aliphatic carbocycles. The number of nitrogens with zero attached hydrogens (tertiary/aromatic N) is 2. The summed E-state index contributed by atoms with van der Waals surface area (Å²) in [5.74, 6) is -0.851. The number of rotatable bonds is 4. The van der Waals surface area contributed by atoms with Gasteiger partial charge in [-0.3, -0.25) is 9.59 Å². The normalized spacial score (nSPS) is 11.0. The van der Waals surface area contributed by atoms with Crippen LogP contribution in [-0.4, -0.2) is 15.3 Å². The van der Waals surface area contributed by atoms with Crippen molar-refractivity contribution in [2.45, 2.75) is 13.5 Å². The number of ketones is 1. The summed E-state index contributed by atoms with van der Waals surface area (Å²) >= 11 is 5.85. The van der Waals surface area contributed by atoms with Crippen LogP contribution >= 0.6 is 11.6 Å². The SMILES string of the molecule is Cc1ccc2c(=O)c(C(=O)c3ccccc3)cn(Cc3ccc(Cl)cc3F)c2n1. The molecule has 6 heteroatoms. The van der Waals surface area contributed by atoms with Crippen LogP contribution in [0, 0.1) is 12.7 Å². The smallest absolute Gasteiger partial charge is 0.202 e. The lowest BCUT2D eigenvalue weighted by atomic mass is 10.0. The van der Waals surface area contributed by atoms with Gasteiger partial charge < -0.3 is 4.57 Å². The molecule has 2 heterocycles. The molecule has 0 aliphatic rings. The maximum atomic E-state index is 14.4. The molecule has 0 radical (unpaired) electrons. The van der Waals surface area contributed by atoms with Crippen molar-refractivity contribution in [2.24, 2.45) is 0 Å². The van der Waals surface area contributed by atoms with Crippen LogP contribution in [0.4, 0.5) is 4.39 Å². The van der Waals surface area contributed by atoms with E-state index < -0.39 is 11.2 Å². The standard InChI is InChI=1S/C23H16ClFN2O2/c1-14-7-10-18-22(29)19(21(28)15-5-3-2-4-6-15)13-27(23(18)26-14)12-16-8-9-17(24)11-20(16)25/h2-11,13H,12H2,1H3. The molecule has 0 unspecified atom stereocenters. The van der Waals surface area contributed by atoms with Crippen molar-refractivity contribution in [1.82, 2.24) is 9.55 Å². The van der Waals surface area contributed by atoms with Crippen molar-refractivity contribution in [2.75, 3.05) is 0 Å². The number of aromatic nitrogens is 2. The zero-order valence-electron chi connectivity index (χ0n) is 15.5. The first-order valence-corrected chi connectivity index (χ1v) is 9.36. The van der Waals surface area contributed by atoms with Crippen LogP contribution in [-0.2, 0) is 6.54 Å². The molecule has 0 amide bonds. The average Bonchev–Trinajstić information content (AvgIpc) is 2.72. The Labute approximate surface area is 171 Å². The van der Waals surface area contributed by atoms with E-state index in [1.807, 2.05) is 0 Å². The summed E-state index contributed by atoms with van der Waals surface area (Å²) in [5, 5.41) is 0.608. The predicted molar refractivity (Wildman–Crippen MR) is 111 cm³/mol. The van der Waals surface area contributed by atoms with Gasteiger partial charge in [0.05, 0.1) is 17.5 Å². The maximum absolute atomic E-state index is 14.4. The Kier molecular flexibility index (Phi) is 4.99. The molecule has 144 valence electrons. The van der Waals surface area contributed by atoms with Gasteiger partial charge in [0.1, 0.15) is 11.5 Å². The highest BCUT2D eigenvalue weighted by Crippen LogP contribution is 2.19. The number of halogens is 2. The molecule has 0 bridgehead atoms. The molecule has 0 saturated heterocycles. The van der Waals surface area contributed by atoms with Gasteiger partial charge in [0.25, 0.3) is 0 Å². The minimum atomic E-state index is -0.465. The number of fused-ring (bicyclic) bond motifs is 1. The lowest BCUT2D eigenvalue weighted by molar-refractivity contribution is 0.103. The number of carbonyl (C=O) groups excluding carboxylic acids is 1. The van der Waals surface area contributed by atoms with Gasteiger partial charge in [-0.1, -0.05) is 48.0 Å². The van der Waals surface area contributed by atoms with Crippen molar-refractivity contribution in [3.8, 4) is 0 Å². The number of aryl methyl sites for hydroxylation is 1. The molecule has 0 spiro atoms. The molecule has 4 rings (SSSR count). The zero-order valence-corrected chi connectivity index (χ0v) is 16.3. The molecule has 0 fully saturated rings. The van der Waals surface area contributed by atoms with Crippen molar-refractivity contribution in [1.29, 1.82) is 0 Å². The van der Waals surface area contributed by atoms with Gasteiger partial charge in [0.15, 0.2) is 5.78 Å². The Bertz CT molecular complexity index is 1300. The van der Waals surface area contributed by atoms with Crippen molar-refractivity contribution in [3.05, 3.63) is 110 Å². The fourth-order valence-electron chi connectivity index (χ4n) is 3.22. The molecule has 2 aromatic carbocycles. The Balaban J connectivity index is 1.92. The highest BCUT2D eigenvalue weighted by atomic mass is 35.5. The number of hydrogen-bond acceptors (Lipinski definition) is 3. The Hall–Kier alpha value is -3.31. The molecule has 0 saturated carbocycles. The van der Waals surface area contributed by atoms with Crippen LogP contribution in [0.25, 0.3) is 11.0 Å². The van der Waals surface area contributed by atoms with Gasteiger partial charge in [-0.25, -0.2) is 9.37 Å². The van der Waals surface area contributed by atoms with E-state index in [-0.39, 0.29) is 17.9 Å². The van der Waals surface area contributed by atoms with Gasteiger partial charge in [-0.2, -0.15) is 0 Å². The number of hydrogen-bond donors (Lipinski definition) is 0. The summed E-state index contributed by atoms with van der Waals surface area (Å²) in [6.45, 7) is 1.91. The highest BCUT2D eigenvalue weighted by Gasteiger charge is 2.18. The van der Waals surface area contributed by atoms with Crippen molar-refractivity contribution in [3.63, 3.8) is 0 Å². The van der Waals surface area contributed by atoms with E-state index in [4.69, 9.17) is 11.6 Å². The number of carbonyl (C=O) groups is 1. The van der Waals surface area contributed by atoms with Gasteiger partial charge in [-0.05, 0) is 31.2 Å². The third-order valence-electron chi connectivity index (χ3n) is 4.70. The lowest BCUT2D eigenvalue weighted by Crippen LogP contribution is -2.21. The summed E-state index contributed by atoms with van der Waals surface area (Å²) in [5.41, 5.74) is 1.52. The summed E-state index contributed by atoms with van der Waals surface area (Å²) in [4.78, 5) is 30.4. The van der Waals surface area contributed by atoms with E-state index in [1.54, 1.807) is 66.1 Å². The van der Waals surface area contributed by atoms with Gasteiger partial charge in [-0.15, -0.1) is 0 Å². The van der Waals surface area contributed by atoms with Crippen LogP contribution in [0.2, 0.25) is 5.02 Å². The summed E-state index contributed by atoms with van der Waals surface area (Å²) < 4.78 is 16.0. The third-order valence-corrected chi connectivity index (χ3v) is 4.93. The summed E-state index contributed by atoms with van der Waals surface area (Å²) in [6.07, 6.45) is 1.46. The van der Waals surface area contributed by atoms with Crippen LogP contribution in [0.1, 0.15) is 27.2 Å². The monoisotopic (exact) mass is 406 g/mol. The van der Waals surface area contributed by atoms with E-state index >= 15 is 0 Å². The minimum absolute atomic E-state index is 0.0173. The molecular weight excluding hydrogens is 391 g/mol. The van der Waals surface area contributed by atoms with Crippen LogP contribution < -0.4 is 5.43 Å². The topological polar surface area (TPSA) is 52.0 Å². The number of pyridine rings is 2. The second-order valence-corrected chi connectivity index (χ2v) is 7.19. The minimum Gasteiger partial charge on any atom is -0.327 e. The van der Waals surface area contributed by atoms with E-state index in [0.29, 0.717) is 32.9 Å². The Morgan fingerprint density at radius 3 is 2.59 bits per heavy atom. The molecule has 29 heavy (non-hydrogen) atoms. The lowest BCUT2D eigenvalue weighted by Gasteiger charge is -2.14. The molecule has 0 N–H and O–H groups in total. The first kappa shape index (κ1) is 19.0. The second-order valence-electron chi connectivity index (χ2n) is 6.75. The average molecular weight is 407 g/mol. The molecular formula is C23H16ClFN2O2. The predicted octanol–water partition coefficient (Wildman–Crippen LogP) is 4.78. The quantitative estimate of drug-likeness (QED) is 0.458. The van der Waals surface area contributed by atoms with E-state index in [0.717, 1.165) is 0 Å². The fourth-order valence-corrected chi connectivity index (χ4v) is 3.38.